The Balaban J connectivity index is 0.000000145. The number of aromatic hydroxyl groups is 1. The molecule has 0 saturated heterocycles. The van der Waals surface area contributed by atoms with Crippen LogP contribution >= 0.6 is 0 Å². The van der Waals surface area contributed by atoms with E-state index in [0.717, 1.165) is 0 Å². The van der Waals surface area contributed by atoms with Crippen LogP contribution in [-0.2, 0) is 0 Å². The normalized spacial score (nSPS) is 8.62. The lowest BCUT2D eigenvalue weighted by Gasteiger charge is -1.90. The first-order valence-corrected chi connectivity index (χ1v) is 3.65. The average Bonchev–Trinajstić information content (AvgIpc) is 2.59. The minimum Gasteiger partial charge on any atom is -0.508 e. The molecule has 0 radical (unpaired) electrons. The Morgan fingerprint density at radius 3 is 2.54 bits per heavy atom. The molecule has 0 atom stereocenters. The first-order valence-electron chi connectivity index (χ1n) is 3.65. The van der Waals surface area contributed by atoms with Gasteiger partial charge in [-0.25, -0.2) is 4.98 Å². The number of nitrogens with zero attached hydrogens (tertiary/aromatic N) is 1. The molecule has 0 unspecified atom stereocenters. The molecule has 4 nitrogen and oxygen atoms in total. The number of phenols is 1. The fourth-order valence-corrected chi connectivity index (χ4v) is 0.700. The van der Waals surface area contributed by atoms with Gasteiger partial charge < -0.3 is 15.3 Å². The van der Waals surface area contributed by atoms with Crippen LogP contribution in [0.15, 0.2) is 47.5 Å². The average molecular weight is 178 g/mol. The highest BCUT2D eigenvalue weighted by Crippen LogP contribution is 2.10. The summed E-state index contributed by atoms with van der Waals surface area (Å²) in [6.45, 7) is 0. The summed E-state index contributed by atoms with van der Waals surface area (Å²) < 4.78 is 4.47. The molecule has 4 heteroatoms. The van der Waals surface area contributed by atoms with E-state index in [2.05, 4.69) is 9.40 Å². The number of rotatable bonds is 0. The van der Waals surface area contributed by atoms with Crippen molar-refractivity contribution in [3.63, 3.8) is 0 Å². The minimum atomic E-state index is 0.213. The molecule has 0 amide bonds. The van der Waals surface area contributed by atoms with Gasteiger partial charge >= 0.3 is 0 Å². The quantitative estimate of drug-likeness (QED) is 0.601. The summed E-state index contributed by atoms with van der Waals surface area (Å²) in [5, 5.41) is 8.73. The third-order valence-electron chi connectivity index (χ3n) is 1.22. The van der Waals surface area contributed by atoms with E-state index in [1.807, 2.05) is 0 Å². The van der Waals surface area contributed by atoms with Crippen molar-refractivity contribution in [2.45, 2.75) is 0 Å². The standard InChI is InChI=1S/C6H7NO.C3H3NO/c7-5-2-1-3-6(8)4-5;1-2-5-3-4-1/h1-4,8H,7H2;1-3H. The second kappa shape index (κ2) is 4.82. The molecule has 1 heterocycles. The largest absolute Gasteiger partial charge is 0.508 e. The minimum absolute atomic E-state index is 0.213. The Kier molecular flexibility index (Phi) is 3.38. The van der Waals surface area contributed by atoms with E-state index in [1.54, 1.807) is 24.4 Å². The van der Waals surface area contributed by atoms with Crippen LogP contribution in [0.2, 0.25) is 0 Å². The highest BCUT2D eigenvalue weighted by atomic mass is 16.3. The van der Waals surface area contributed by atoms with Crippen molar-refractivity contribution in [1.29, 1.82) is 0 Å². The van der Waals surface area contributed by atoms with Crippen LogP contribution in [0.5, 0.6) is 5.75 Å². The van der Waals surface area contributed by atoms with Crippen LogP contribution in [0.1, 0.15) is 0 Å². The molecule has 0 fully saturated rings. The van der Waals surface area contributed by atoms with Crippen molar-refractivity contribution in [3.8, 4) is 5.75 Å². The Morgan fingerprint density at radius 2 is 2.23 bits per heavy atom. The zero-order valence-electron chi connectivity index (χ0n) is 6.92. The van der Waals surface area contributed by atoms with Gasteiger partial charge in [-0.05, 0) is 12.1 Å². The molecule has 0 spiro atoms. The molecule has 0 bridgehead atoms. The van der Waals surface area contributed by atoms with Gasteiger partial charge in [0.1, 0.15) is 12.0 Å². The fraction of sp³-hybridized carbons (Fsp3) is 0. The SMILES string of the molecule is Nc1cccc(O)c1.c1cocn1. The topological polar surface area (TPSA) is 72.3 Å². The molecule has 0 aliphatic heterocycles. The lowest BCUT2D eigenvalue weighted by molar-refractivity contribution is 0.475. The maximum Gasteiger partial charge on any atom is 0.180 e. The molecule has 68 valence electrons. The van der Waals surface area contributed by atoms with Crippen LogP contribution in [0.25, 0.3) is 0 Å². The molecule has 3 N–H and O–H groups in total. The van der Waals surface area contributed by atoms with E-state index in [9.17, 15) is 0 Å². The van der Waals surface area contributed by atoms with Crippen molar-refractivity contribution in [3.05, 3.63) is 43.1 Å². The zero-order chi connectivity index (χ0) is 9.52. The van der Waals surface area contributed by atoms with Gasteiger partial charge in [0.05, 0.1) is 6.20 Å². The smallest absolute Gasteiger partial charge is 0.180 e. The second-order valence-electron chi connectivity index (χ2n) is 2.27. The molecule has 13 heavy (non-hydrogen) atoms. The summed E-state index contributed by atoms with van der Waals surface area (Å²) in [5.74, 6) is 0.213. The molecular weight excluding hydrogens is 168 g/mol. The Hall–Kier alpha value is -1.97. The Labute approximate surface area is 75.6 Å². The summed E-state index contributed by atoms with van der Waals surface area (Å²) in [6.07, 6.45) is 4.47. The van der Waals surface area contributed by atoms with Crippen LogP contribution in [0.4, 0.5) is 5.69 Å². The number of nitrogen functional groups attached to an aromatic ring is 1. The van der Waals surface area contributed by atoms with E-state index in [4.69, 9.17) is 10.8 Å². The number of nitrogens with two attached hydrogens (primary N) is 1. The predicted molar refractivity (Wildman–Crippen MR) is 49.0 cm³/mol. The van der Waals surface area contributed by atoms with Gasteiger partial charge in [-0.1, -0.05) is 6.07 Å². The number of oxazole rings is 1. The zero-order valence-corrected chi connectivity index (χ0v) is 6.92. The van der Waals surface area contributed by atoms with Gasteiger partial charge in [-0.3, -0.25) is 0 Å². The summed E-state index contributed by atoms with van der Waals surface area (Å²) in [5.41, 5.74) is 5.89. The Bertz CT molecular complexity index is 299. The van der Waals surface area contributed by atoms with Gasteiger partial charge in [-0.15, -0.1) is 0 Å². The third kappa shape index (κ3) is 3.81. The molecule has 0 aliphatic carbocycles. The lowest BCUT2D eigenvalue weighted by atomic mass is 10.3. The van der Waals surface area contributed by atoms with Crippen LogP contribution < -0.4 is 5.73 Å². The Morgan fingerprint density at radius 1 is 1.38 bits per heavy atom. The first kappa shape index (κ1) is 9.12. The van der Waals surface area contributed by atoms with E-state index in [-0.39, 0.29) is 5.75 Å². The monoisotopic (exact) mass is 178 g/mol. The second-order valence-corrected chi connectivity index (χ2v) is 2.27. The van der Waals surface area contributed by atoms with Gasteiger partial charge in [0, 0.05) is 11.8 Å². The van der Waals surface area contributed by atoms with Gasteiger partial charge in [-0.2, -0.15) is 0 Å². The maximum absolute atomic E-state index is 8.73. The summed E-state index contributed by atoms with van der Waals surface area (Å²) in [7, 11) is 0. The van der Waals surface area contributed by atoms with Gasteiger partial charge in [0.25, 0.3) is 0 Å². The lowest BCUT2D eigenvalue weighted by Crippen LogP contribution is -1.80. The molecule has 0 aliphatic rings. The summed E-state index contributed by atoms with van der Waals surface area (Å²) in [4.78, 5) is 3.56. The first-order chi connectivity index (χ1) is 6.29. The molecular formula is C9H10N2O2. The summed E-state index contributed by atoms with van der Waals surface area (Å²) >= 11 is 0. The van der Waals surface area contributed by atoms with Crippen LogP contribution in [0, 0.1) is 0 Å². The highest BCUT2D eigenvalue weighted by Gasteiger charge is 1.83. The molecule has 2 aromatic rings. The van der Waals surface area contributed by atoms with Crippen molar-refractivity contribution in [2.75, 3.05) is 5.73 Å². The molecule has 2 rings (SSSR count). The number of phenolic OH excluding ortho intramolecular Hbond substituents is 1. The van der Waals surface area contributed by atoms with Crippen molar-refractivity contribution >= 4 is 5.69 Å². The van der Waals surface area contributed by atoms with Crippen LogP contribution in [0.3, 0.4) is 0 Å². The fourth-order valence-electron chi connectivity index (χ4n) is 0.700. The number of hydrogen-bond donors (Lipinski definition) is 2. The highest BCUT2D eigenvalue weighted by molar-refractivity contribution is 5.42. The van der Waals surface area contributed by atoms with Gasteiger partial charge in [0.15, 0.2) is 6.39 Å². The van der Waals surface area contributed by atoms with E-state index in [0.29, 0.717) is 5.69 Å². The van der Waals surface area contributed by atoms with Crippen molar-refractivity contribution < 1.29 is 9.52 Å². The molecule has 1 aromatic heterocycles. The van der Waals surface area contributed by atoms with Crippen LogP contribution in [-0.4, -0.2) is 10.1 Å². The number of anilines is 1. The molecule has 0 saturated carbocycles. The van der Waals surface area contributed by atoms with E-state index >= 15 is 0 Å². The predicted octanol–water partition coefficient (Wildman–Crippen LogP) is 1.65. The number of aromatic nitrogens is 1. The maximum atomic E-state index is 8.73. The number of hydrogen-bond acceptors (Lipinski definition) is 4. The number of benzene rings is 1. The molecule has 1 aromatic carbocycles. The van der Waals surface area contributed by atoms with Crippen molar-refractivity contribution in [1.82, 2.24) is 4.98 Å². The van der Waals surface area contributed by atoms with Crippen molar-refractivity contribution in [2.24, 2.45) is 0 Å². The summed E-state index contributed by atoms with van der Waals surface area (Å²) in [6, 6.07) is 6.50. The van der Waals surface area contributed by atoms with Gasteiger partial charge in [0.2, 0.25) is 0 Å². The third-order valence-corrected chi connectivity index (χ3v) is 1.22. The van der Waals surface area contributed by atoms with E-state index in [1.165, 1.54) is 18.7 Å². The van der Waals surface area contributed by atoms with E-state index < -0.39 is 0 Å².